The van der Waals surface area contributed by atoms with E-state index in [1.165, 1.54) is 6.07 Å². The molecule has 0 aliphatic carbocycles. The Hall–Kier alpha value is -1.99. The number of nitrogens with zero attached hydrogens (tertiary/aromatic N) is 3. The van der Waals surface area contributed by atoms with Gasteiger partial charge in [0.1, 0.15) is 5.82 Å². The quantitative estimate of drug-likeness (QED) is 0.621. The van der Waals surface area contributed by atoms with Crippen molar-refractivity contribution in [3.63, 3.8) is 0 Å². The van der Waals surface area contributed by atoms with E-state index >= 15 is 0 Å². The Labute approximate surface area is 195 Å². The van der Waals surface area contributed by atoms with Gasteiger partial charge in [-0.1, -0.05) is 55.8 Å². The molecule has 1 aliphatic rings. The van der Waals surface area contributed by atoms with E-state index in [0.29, 0.717) is 37.6 Å². The van der Waals surface area contributed by atoms with Crippen LogP contribution in [-0.4, -0.2) is 72.5 Å². The molecule has 5 nitrogen and oxygen atoms in total. The lowest BCUT2D eigenvalue weighted by molar-refractivity contribution is -0.134. The van der Waals surface area contributed by atoms with Gasteiger partial charge in [-0.15, -0.1) is 0 Å². The van der Waals surface area contributed by atoms with Gasteiger partial charge in [0.15, 0.2) is 0 Å². The molecule has 0 bridgehead atoms. The summed E-state index contributed by atoms with van der Waals surface area (Å²) in [5, 5.41) is 0.666. The maximum atomic E-state index is 14.7. The second-order valence-corrected chi connectivity index (χ2v) is 8.76. The molecule has 2 N–H and O–H groups in total. The topological polar surface area (TPSA) is 52.8 Å². The molecule has 3 rings (SSSR count). The lowest BCUT2D eigenvalue weighted by Crippen LogP contribution is -2.55. The van der Waals surface area contributed by atoms with Gasteiger partial charge in [0, 0.05) is 43.3 Å². The molecule has 1 aliphatic heterocycles. The first-order valence-corrected chi connectivity index (χ1v) is 11.8. The first-order chi connectivity index (χ1) is 15.4. The molecule has 7 heteroatoms. The minimum atomic E-state index is -0.583. The van der Waals surface area contributed by atoms with Crippen LogP contribution in [0.2, 0.25) is 5.02 Å². The number of carbonyl (C=O) groups is 1. The highest BCUT2D eigenvalue weighted by molar-refractivity contribution is 6.30. The highest BCUT2D eigenvalue weighted by atomic mass is 35.5. The predicted octanol–water partition coefficient (Wildman–Crippen LogP) is 3.58. The second-order valence-electron chi connectivity index (χ2n) is 8.32. The summed E-state index contributed by atoms with van der Waals surface area (Å²) >= 11 is 5.94. The fourth-order valence-corrected chi connectivity index (χ4v) is 4.46. The Morgan fingerprint density at radius 3 is 2.28 bits per heavy atom. The van der Waals surface area contributed by atoms with Crippen LogP contribution in [-0.2, 0) is 11.2 Å². The first kappa shape index (κ1) is 24.6. The molecular weight excluding hydrogens is 427 g/mol. The smallest absolute Gasteiger partial charge is 0.239 e. The Bertz CT molecular complexity index is 867. The fourth-order valence-electron chi connectivity index (χ4n) is 4.33. The standard InChI is InChI=1S/C25H34ClFN4O/c1-3-29(4-2)18-24(21-7-5-6-8-22(21)27)30-13-15-31(16-14-30)25(32)23(28)17-19-9-11-20(26)12-10-19/h5-12,23-24H,3-4,13-18,28H2,1-2H3/t23-,24?/m1/s1. The SMILES string of the molecule is CCN(CC)CC(c1ccccc1F)N1CCN(C(=O)[C@H](N)Cc2ccc(Cl)cc2)CC1. The van der Waals surface area contributed by atoms with Crippen molar-refractivity contribution in [1.82, 2.24) is 14.7 Å². The number of benzene rings is 2. The molecule has 0 aromatic heterocycles. The lowest BCUT2D eigenvalue weighted by Gasteiger charge is -2.41. The van der Waals surface area contributed by atoms with Crippen molar-refractivity contribution in [2.75, 3.05) is 45.8 Å². The first-order valence-electron chi connectivity index (χ1n) is 11.4. The fraction of sp³-hybridized carbons (Fsp3) is 0.480. The number of amides is 1. The van der Waals surface area contributed by atoms with Crippen LogP contribution >= 0.6 is 11.6 Å². The van der Waals surface area contributed by atoms with Gasteiger partial charge < -0.3 is 15.5 Å². The summed E-state index contributed by atoms with van der Waals surface area (Å²) in [6, 6.07) is 13.8. The van der Waals surface area contributed by atoms with Crippen molar-refractivity contribution in [2.24, 2.45) is 5.73 Å². The summed E-state index contributed by atoms with van der Waals surface area (Å²) in [6.07, 6.45) is 0.482. The molecule has 1 amide bonds. The lowest BCUT2D eigenvalue weighted by atomic mass is 10.0. The predicted molar refractivity (Wildman–Crippen MR) is 128 cm³/mol. The van der Waals surface area contributed by atoms with Crippen molar-refractivity contribution in [2.45, 2.75) is 32.4 Å². The van der Waals surface area contributed by atoms with Crippen LogP contribution in [0.25, 0.3) is 0 Å². The molecule has 0 radical (unpaired) electrons. The number of nitrogens with two attached hydrogens (primary N) is 1. The number of rotatable bonds is 9. The zero-order chi connectivity index (χ0) is 23.1. The number of hydrogen-bond acceptors (Lipinski definition) is 4. The van der Waals surface area contributed by atoms with Gasteiger partial charge in [-0.05, 0) is 43.3 Å². The Morgan fingerprint density at radius 1 is 1.06 bits per heavy atom. The summed E-state index contributed by atoms with van der Waals surface area (Å²) in [5.74, 6) is -0.209. The van der Waals surface area contributed by atoms with Crippen molar-refractivity contribution >= 4 is 17.5 Å². The molecule has 32 heavy (non-hydrogen) atoms. The number of halogens is 2. The van der Waals surface area contributed by atoms with Gasteiger partial charge in [0.2, 0.25) is 5.91 Å². The van der Waals surface area contributed by atoms with Crippen LogP contribution in [0.1, 0.15) is 31.0 Å². The monoisotopic (exact) mass is 460 g/mol. The second kappa shape index (κ2) is 11.8. The third kappa shape index (κ3) is 6.29. The van der Waals surface area contributed by atoms with E-state index < -0.39 is 6.04 Å². The minimum absolute atomic E-state index is 0.0363. The van der Waals surface area contributed by atoms with Crippen molar-refractivity contribution < 1.29 is 9.18 Å². The van der Waals surface area contributed by atoms with Gasteiger partial charge >= 0.3 is 0 Å². The summed E-state index contributed by atoms with van der Waals surface area (Å²) in [7, 11) is 0. The van der Waals surface area contributed by atoms with Gasteiger partial charge in [0.05, 0.1) is 12.1 Å². The van der Waals surface area contributed by atoms with E-state index in [1.54, 1.807) is 6.07 Å². The maximum absolute atomic E-state index is 14.7. The van der Waals surface area contributed by atoms with E-state index in [1.807, 2.05) is 41.3 Å². The molecule has 0 saturated carbocycles. The van der Waals surface area contributed by atoms with E-state index in [2.05, 4.69) is 23.6 Å². The van der Waals surface area contributed by atoms with Crippen LogP contribution in [0.3, 0.4) is 0 Å². The van der Waals surface area contributed by atoms with Gasteiger partial charge in [-0.25, -0.2) is 4.39 Å². The van der Waals surface area contributed by atoms with Crippen LogP contribution in [0, 0.1) is 5.82 Å². The summed E-state index contributed by atoms with van der Waals surface area (Å²) < 4.78 is 14.7. The molecule has 1 unspecified atom stereocenters. The number of hydrogen-bond donors (Lipinski definition) is 1. The van der Waals surface area contributed by atoms with Crippen LogP contribution in [0.15, 0.2) is 48.5 Å². The van der Waals surface area contributed by atoms with E-state index in [0.717, 1.165) is 30.8 Å². The minimum Gasteiger partial charge on any atom is -0.339 e. The van der Waals surface area contributed by atoms with E-state index in [-0.39, 0.29) is 17.8 Å². The number of piperazine rings is 1. The molecular formula is C25H34ClFN4O. The molecule has 2 aromatic carbocycles. The third-order valence-corrected chi connectivity index (χ3v) is 6.59. The highest BCUT2D eigenvalue weighted by Gasteiger charge is 2.31. The average molecular weight is 461 g/mol. The summed E-state index contributed by atoms with van der Waals surface area (Å²) in [6.45, 7) is 9.42. The van der Waals surface area contributed by atoms with Crippen LogP contribution in [0.4, 0.5) is 4.39 Å². The molecule has 2 atom stereocenters. The van der Waals surface area contributed by atoms with Gasteiger partial charge in [-0.3, -0.25) is 9.69 Å². The molecule has 1 saturated heterocycles. The zero-order valence-corrected chi connectivity index (χ0v) is 19.8. The molecule has 0 spiro atoms. The van der Waals surface area contributed by atoms with Crippen molar-refractivity contribution in [3.8, 4) is 0 Å². The summed E-state index contributed by atoms with van der Waals surface area (Å²) in [5.41, 5.74) is 7.95. The number of likely N-dealkylation sites (N-methyl/N-ethyl adjacent to an activating group) is 1. The van der Waals surface area contributed by atoms with Crippen molar-refractivity contribution in [3.05, 3.63) is 70.5 Å². The summed E-state index contributed by atoms with van der Waals surface area (Å²) in [4.78, 5) is 19.4. The van der Waals surface area contributed by atoms with Gasteiger partial charge in [0.25, 0.3) is 0 Å². The largest absolute Gasteiger partial charge is 0.339 e. The van der Waals surface area contributed by atoms with Gasteiger partial charge in [-0.2, -0.15) is 0 Å². The molecule has 2 aromatic rings. The Balaban J connectivity index is 1.64. The Morgan fingerprint density at radius 2 is 1.69 bits per heavy atom. The van der Waals surface area contributed by atoms with Crippen LogP contribution < -0.4 is 5.73 Å². The molecule has 1 heterocycles. The highest BCUT2D eigenvalue weighted by Crippen LogP contribution is 2.26. The Kier molecular flexibility index (Phi) is 9.05. The van der Waals surface area contributed by atoms with E-state index in [4.69, 9.17) is 17.3 Å². The molecule has 174 valence electrons. The van der Waals surface area contributed by atoms with Crippen LogP contribution in [0.5, 0.6) is 0 Å². The van der Waals surface area contributed by atoms with Crippen molar-refractivity contribution in [1.29, 1.82) is 0 Å². The zero-order valence-electron chi connectivity index (χ0n) is 19.0. The van der Waals surface area contributed by atoms with E-state index in [9.17, 15) is 9.18 Å². The normalized spacial score (nSPS) is 16.9. The third-order valence-electron chi connectivity index (χ3n) is 6.34. The molecule has 1 fully saturated rings. The number of carbonyl (C=O) groups excluding carboxylic acids is 1. The average Bonchev–Trinajstić information content (AvgIpc) is 2.82. The maximum Gasteiger partial charge on any atom is 0.239 e.